The van der Waals surface area contributed by atoms with Gasteiger partial charge in [0, 0.05) is 38.3 Å². The molecule has 2 aromatic rings. The van der Waals surface area contributed by atoms with Crippen molar-refractivity contribution in [2.75, 3.05) is 36.4 Å². The lowest BCUT2D eigenvalue weighted by Crippen LogP contribution is -2.52. The molecule has 180 valence electrons. The summed E-state index contributed by atoms with van der Waals surface area (Å²) in [7, 11) is 0. The molecule has 1 aromatic carbocycles. The van der Waals surface area contributed by atoms with Crippen LogP contribution < -0.4 is 15.5 Å². The number of hydrogen-bond acceptors (Lipinski definition) is 7. The lowest BCUT2D eigenvalue weighted by Gasteiger charge is -2.43. The predicted octanol–water partition coefficient (Wildman–Crippen LogP) is 4.13. The van der Waals surface area contributed by atoms with Crippen molar-refractivity contribution in [2.24, 2.45) is 0 Å². The summed E-state index contributed by atoms with van der Waals surface area (Å²) in [4.78, 5) is 17.1. The van der Waals surface area contributed by atoms with Crippen LogP contribution in [-0.4, -0.2) is 59.4 Å². The highest BCUT2D eigenvalue weighted by atomic mass is 32.1. The predicted molar refractivity (Wildman–Crippen MR) is 134 cm³/mol. The Labute approximate surface area is 205 Å². The third-order valence-electron chi connectivity index (χ3n) is 7.78. The van der Waals surface area contributed by atoms with Gasteiger partial charge < -0.3 is 10.2 Å². The first-order chi connectivity index (χ1) is 16.6. The Hall–Kier alpha value is -2.70. The number of anilines is 2. The van der Waals surface area contributed by atoms with Crippen LogP contribution in [0.5, 0.6) is 0 Å². The van der Waals surface area contributed by atoms with Gasteiger partial charge >= 0.3 is 6.03 Å². The van der Waals surface area contributed by atoms with Gasteiger partial charge in [-0.3, -0.25) is 10.2 Å². The Morgan fingerprint density at radius 3 is 2.41 bits per heavy atom. The van der Waals surface area contributed by atoms with Crippen LogP contribution in [0.4, 0.5) is 15.1 Å². The monoisotopic (exact) mass is 479 g/mol. The zero-order chi connectivity index (χ0) is 23.4. The van der Waals surface area contributed by atoms with Gasteiger partial charge in [-0.1, -0.05) is 54.5 Å². The minimum atomic E-state index is -0.334. The van der Waals surface area contributed by atoms with E-state index in [1.165, 1.54) is 29.7 Å². The number of carbonyl (C=O) groups excluding carboxylic acids is 1. The number of piperazine rings is 1. The first-order valence-electron chi connectivity index (χ1n) is 12.5. The molecule has 2 saturated carbocycles. The SMILES string of the molecule is N#CC1(c2ccccc2)CCC(N2CCN(c3nnc(NC(=O)NC4CCCC4)s3)CC2)CC1. The van der Waals surface area contributed by atoms with Gasteiger partial charge in [-0.05, 0) is 44.1 Å². The molecule has 2 heterocycles. The molecule has 2 aliphatic carbocycles. The largest absolute Gasteiger partial charge is 0.344 e. The van der Waals surface area contributed by atoms with E-state index in [0.29, 0.717) is 11.2 Å². The Kier molecular flexibility index (Phi) is 6.97. The third kappa shape index (κ3) is 5.03. The van der Waals surface area contributed by atoms with Crippen LogP contribution >= 0.6 is 11.3 Å². The van der Waals surface area contributed by atoms with Crippen LogP contribution in [-0.2, 0) is 5.41 Å². The Balaban J connectivity index is 1.10. The fourth-order valence-electron chi connectivity index (χ4n) is 5.74. The highest BCUT2D eigenvalue weighted by molar-refractivity contribution is 7.19. The summed E-state index contributed by atoms with van der Waals surface area (Å²) >= 11 is 1.44. The Morgan fingerprint density at radius 2 is 1.74 bits per heavy atom. The maximum atomic E-state index is 12.2. The highest BCUT2D eigenvalue weighted by Crippen LogP contribution is 2.40. The van der Waals surface area contributed by atoms with Gasteiger partial charge in [-0.25, -0.2) is 4.79 Å². The van der Waals surface area contributed by atoms with E-state index in [0.717, 1.165) is 69.8 Å². The van der Waals surface area contributed by atoms with E-state index in [9.17, 15) is 10.1 Å². The first kappa shape index (κ1) is 23.1. The minimum Gasteiger partial charge on any atom is -0.344 e. The topological polar surface area (TPSA) is 97.2 Å². The molecule has 0 radical (unpaired) electrons. The average Bonchev–Trinajstić information content (AvgIpc) is 3.57. The molecule has 1 aromatic heterocycles. The summed E-state index contributed by atoms with van der Waals surface area (Å²) < 4.78 is 0. The smallest absolute Gasteiger partial charge is 0.321 e. The number of nitriles is 1. The normalized spacial score (nSPS) is 26.2. The molecule has 2 amide bonds. The first-order valence-corrected chi connectivity index (χ1v) is 13.3. The molecule has 0 unspecified atom stereocenters. The van der Waals surface area contributed by atoms with Crippen molar-refractivity contribution >= 4 is 27.6 Å². The molecule has 5 rings (SSSR count). The van der Waals surface area contributed by atoms with Crippen molar-refractivity contribution in [3.8, 4) is 6.07 Å². The zero-order valence-electron chi connectivity index (χ0n) is 19.6. The summed E-state index contributed by atoms with van der Waals surface area (Å²) in [6.07, 6.45) is 8.46. The van der Waals surface area contributed by atoms with Gasteiger partial charge in [0.25, 0.3) is 0 Å². The highest BCUT2D eigenvalue weighted by Gasteiger charge is 2.39. The number of rotatable bonds is 5. The molecule has 8 nitrogen and oxygen atoms in total. The molecular formula is C25H33N7OS. The van der Waals surface area contributed by atoms with Gasteiger partial charge in [0.05, 0.1) is 11.5 Å². The molecule has 34 heavy (non-hydrogen) atoms. The second-order valence-electron chi connectivity index (χ2n) is 9.78. The van der Waals surface area contributed by atoms with Crippen molar-refractivity contribution in [2.45, 2.75) is 68.9 Å². The van der Waals surface area contributed by atoms with Crippen LogP contribution in [0.25, 0.3) is 0 Å². The van der Waals surface area contributed by atoms with Crippen molar-refractivity contribution in [3.63, 3.8) is 0 Å². The van der Waals surface area contributed by atoms with E-state index in [2.05, 4.69) is 48.8 Å². The van der Waals surface area contributed by atoms with Crippen LogP contribution in [0.15, 0.2) is 30.3 Å². The molecule has 2 N–H and O–H groups in total. The maximum Gasteiger partial charge on any atom is 0.321 e. The lowest BCUT2D eigenvalue weighted by atomic mass is 9.69. The van der Waals surface area contributed by atoms with E-state index >= 15 is 0 Å². The second kappa shape index (κ2) is 10.3. The van der Waals surface area contributed by atoms with Gasteiger partial charge in [0.15, 0.2) is 0 Å². The number of carbonyl (C=O) groups is 1. The van der Waals surface area contributed by atoms with Crippen molar-refractivity contribution in [1.82, 2.24) is 20.4 Å². The van der Waals surface area contributed by atoms with Crippen LogP contribution in [0.3, 0.4) is 0 Å². The molecule has 0 atom stereocenters. The standard InChI is InChI=1S/C25H33N7OS/c26-18-25(19-6-2-1-3-7-19)12-10-21(11-13-25)31-14-16-32(17-15-31)24-30-29-23(34-24)28-22(33)27-20-8-4-5-9-20/h1-3,6-7,20-21H,4-5,8-17H2,(H2,27,28,29,33). The fourth-order valence-corrected chi connectivity index (χ4v) is 6.54. The van der Waals surface area contributed by atoms with E-state index < -0.39 is 0 Å². The molecule has 9 heteroatoms. The average molecular weight is 480 g/mol. The molecule has 3 aliphatic rings. The van der Waals surface area contributed by atoms with E-state index in [1.807, 2.05) is 18.2 Å². The van der Waals surface area contributed by atoms with Gasteiger partial charge in [0.2, 0.25) is 10.3 Å². The fraction of sp³-hybridized carbons (Fsp3) is 0.600. The molecule has 1 aliphatic heterocycles. The van der Waals surface area contributed by atoms with Crippen LogP contribution in [0, 0.1) is 11.3 Å². The molecule has 0 spiro atoms. The molecule has 0 bridgehead atoms. The number of nitrogens with zero attached hydrogens (tertiary/aromatic N) is 5. The number of urea groups is 1. The maximum absolute atomic E-state index is 12.2. The second-order valence-corrected chi connectivity index (χ2v) is 10.7. The Bertz CT molecular complexity index is 998. The van der Waals surface area contributed by atoms with Crippen LogP contribution in [0.1, 0.15) is 56.9 Å². The van der Waals surface area contributed by atoms with E-state index in [4.69, 9.17) is 0 Å². The summed E-state index contributed by atoms with van der Waals surface area (Å²) in [5.41, 5.74) is 0.831. The van der Waals surface area contributed by atoms with Gasteiger partial charge in [-0.2, -0.15) is 5.26 Å². The number of nitrogens with one attached hydrogen (secondary N) is 2. The summed E-state index contributed by atoms with van der Waals surface area (Å²) in [5.74, 6) is 0. The molecule has 1 saturated heterocycles. The third-order valence-corrected chi connectivity index (χ3v) is 8.67. The number of benzene rings is 1. The van der Waals surface area contributed by atoms with E-state index in [-0.39, 0.29) is 17.5 Å². The summed E-state index contributed by atoms with van der Waals surface area (Å²) in [5, 5.41) is 25.8. The summed E-state index contributed by atoms with van der Waals surface area (Å²) in [6, 6.07) is 13.6. The number of amides is 2. The lowest BCUT2D eigenvalue weighted by molar-refractivity contribution is 0.130. The summed E-state index contributed by atoms with van der Waals surface area (Å²) in [6.45, 7) is 3.78. The van der Waals surface area contributed by atoms with E-state index in [1.54, 1.807) is 0 Å². The van der Waals surface area contributed by atoms with Crippen molar-refractivity contribution < 1.29 is 4.79 Å². The van der Waals surface area contributed by atoms with Crippen LogP contribution in [0.2, 0.25) is 0 Å². The van der Waals surface area contributed by atoms with Gasteiger partial charge in [0.1, 0.15) is 0 Å². The van der Waals surface area contributed by atoms with Crippen molar-refractivity contribution in [1.29, 1.82) is 5.26 Å². The minimum absolute atomic E-state index is 0.180. The number of aromatic nitrogens is 2. The molecular weight excluding hydrogens is 446 g/mol. The van der Waals surface area contributed by atoms with Gasteiger partial charge in [-0.15, -0.1) is 10.2 Å². The zero-order valence-corrected chi connectivity index (χ0v) is 20.4. The van der Waals surface area contributed by atoms with Crippen molar-refractivity contribution in [3.05, 3.63) is 35.9 Å². The Morgan fingerprint density at radius 1 is 1.03 bits per heavy atom. The number of hydrogen-bond donors (Lipinski definition) is 2. The quantitative estimate of drug-likeness (QED) is 0.669. The molecule has 3 fully saturated rings.